The Balaban J connectivity index is 2.43. The number of hydrogen-bond acceptors (Lipinski definition) is 3. The Morgan fingerprint density at radius 2 is 2.09 bits per heavy atom. The molecule has 0 aromatic carbocycles. The van der Waals surface area contributed by atoms with Crippen molar-refractivity contribution in [3.05, 3.63) is 0 Å². The number of piperidine rings is 1. The maximum atomic E-state index is 9.38. The standard InChI is InChI=1S/C8H18N2O/c1-6(2)10-4-7(9)3-8(11)5-10/h6-8,11H,3-5,9H2,1-2H3. The van der Waals surface area contributed by atoms with Crippen molar-refractivity contribution in [3.8, 4) is 0 Å². The van der Waals surface area contributed by atoms with Gasteiger partial charge in [-0.15, -0.1) is 0 Å². The first-order valence-corrected chi connectivity index (χ1v) is 4.27. The number of rotatable bonds is 1. The van der Waals surface area contributed by atoms with E-state index in [4.69, 9.17) is 5.73 Å². The summed E-state index contributed by atoms with van der Waals surface area (Å²) in [7, 11) is 0. The fraction of sp³-hybridized carbons (Fsp3) is 1.00. The fourth-order valence-electron chi connectivity index (χ4n) is 1.57. The van der Waals surface area contributed by atoms with E-state index in [1.807, 2.05) is 0 Å². The quantitative estimate of drug-likeness (QED) is 0.555. The minimum atomic E-state index is -0.221. The first-order valence-electron chi connectivity index (χ1n) is 4.27. The number of aliphatic hydroxyl groups is 1. The van der Waals surface area contributed by atoms with Crippen LogP contribution in [0.4, 0.5) is 0 Å². The summed E-state index contributed by atoms with van der Waals surface area (Å²) < 4.78 is 0. The Morgan fingerprint density at radius 3 is 2.55 bits per heavy atom. The molecule has 1 aliphatic heterocycles. The molecule has 1 aliphatic rings. The Bertz CT molecular complexity index is 117. The maximum Gasteiger partial charge on any atom is 0.0682 e. The van der Waals surface area contributed by atoms with Crippen LogP contribution in [0.1, 0.15) is 20.3 Å². The summed E-state index contributed by atoms with van der Waals surface area (Å²) in [5.74, 6) is 0. The van der Waals surface area contributed by atoms with Crippen LogP contribution in [0.5, 0.6) is 0 Å². The van der Waals surface area contributed by atoms with Crippen LogP contribution in [0.15, 0.2) is 0 Å². The Labute approximate surface area is 68.2 Å². The van der Waals surface area contributed by atoms with Gasteiger partial charge in [-0.05, 0) is 20.3 Å². The molecule has 1 heterocycles. The lowest BCUT2D eigenvalue weighted by Crippen LogP contribution is -2.51. The molecule has 3 heteroatoms. The van der Waals surface area contributed by atoms with Crippen LogP contribution in [0.3, 0.4) is 0 Å². The number of nitrogens with zero attached hydrogens (tertiary/aromatic N) is 1. The number of nitrogens with two attached hydrogens (primary N) is 1. The van der Waals surface area contributed by atoms with Gasteiger partial charge >= 0.3 is 0 Å². The first kappa shape index (κ1) is 8.97. The summed E-state index contributed by atoms with van der Waals surface area (Å²) in [5, 5.41) is 9.38. The zero-order chi connectivity index (χ0) is 8.43. The number of aliphatic hydroxyl groups excluding tert-OH is 1. The molecular weight excluding hydrogens is 140 g/mol. The van der Waals surface area contributed by atoms with Gasteiger partial charge in [0.2, 0.25) is 0 Å². The van der Waals surface area contributed by atoms with Crippen molar-refractivity contribution < 1.29 is 5.11 Å². The fourth-order valence-corrected chi connectivity index (χ4v) is 1.57. The summed E-state index contributed by atoms with van der Waals surface area (Å²) >= 11 is 0. The highest BCUT2D eigenvalue weighted by molar-refractivity contribution is 4.82. The average molecular weight is 158 g/mol. The molecule has 2 atom stereocenters. The van der Waals surface area contributed by atoms with E-state index >= 15 is 0 Å². The Morgan fingerprint density at radius 1 is 1.45 bits per heavy atom. The monoisotopic (exact) mass is 158 g/mol. The maximum absolute atomic E-state index is 9.38. The van der Waals surface area contributed by atoms with Crippen LogP contribution in [0, 0.1) is 0 Å². The molecule has 11 heavy (non-hydrogen) atoms. The minimum Gasteiger partial charge on any atom is -0.392 e. The van der Waals surface area contributed by atoms with Crippen molar-refractivity contribution in [2.75, 3.05) is 13.1 Å². The van der Waals surface area contributed by atoms with Gasteiger partial charge in [-0.2, -0.15) is 0 Å². The zero-order valence-corrected chi connectivity index (χ0v) is 7.33. The van der Waals surface area contributed by atoms with Gasteiger partial charge in [0.1, 0.15) is 0 Å². The third-order valence-electron chi connectivity index (χ3n) is 2.22. The molecular formula is C8H18N2O. The highest BCUT2D eigenvalue weighted by Crippen LogP contribution is 2.11. The third kappa shape index (κ3) is 2.43. The molecule has 0 bridgehead atoms. The van der Waals surface area contributed by atoms with E-state index in [2.05, 4.69) is 18.7 Å². The molecule has 0 spiro atoms. The lowest BCUT2D eigenvalue weighted by Gasteiger charge is -2.36. The summed E-state index contributed by atoms with van der Waals surface area (Å²) in [4.78, 5) is 2.22. The third-order valence-corrected chi connectivity index (χ3v) is 2.22. The lowest BCUT2D eigenvalue weighted by atomic mass is 10.0. The van der Waals surface area contributed by atoms with E-state index in [0.717, 1.165) is 19.5 Å². The average Bonchev–Trinajstić information content (AvgIpc) is 1.85. The van der Waals surface area contributed by atoms with Crippen LogP contribution in [0.2, 0.25) is 0 Å². The molecule has 0 saturated carbocycles. The molecule has 0 aromatic rings. The Hall–Kier alpha value is -0.120. The van der Waals surface area contributed by atoms with Crippen molar-refractivity contribution in [2.24, 2.45) is 5.73 Å². The largest absolute Gasteiger partial charge is 0.392 e. The van der Waals surface area contributed by atoms with Gasteiger partial charge in [-0.3, -0.25) is 4.90 Å². The normalized spacial score (nSPS) is 34.6. The number of β-amino-alcohol motifs (C(OH)–C–C–N with tert-alkyl or cyclic N) is 1. The summed E-state index contributed by atoms with van der Waals surface area (Å²) in [6.45, 7) is 5.97. The molecule has 1 fully saturated rings. The van der Waals surface area contributed by atoms with Crippen molar-refractivity contribution >= 4 is 0 Å². The Kier molecular flexibility index (Phi) is 2.87. The molecule has 3 nitrogen and oxygen atoms in total. The summed E-state index contributed by atoms with van der Waals surface area (Å²) in [6.07, 6.45) is 0.532. The predicted octanol–water partition coefficient (Wildman–Crippen LogP) is -0.211. The molecule has 66 valence electrons. The molecule has 0 aliphatic carbocycles. The lowest BCUT2D eigenvalue weighted by molar-refractivity contribution is 0.0447. The van der Waals surface area contributed by atoms with Gasteiger partial charge in [0, 0.05) is 25.2 Å². The van der Waals surface area contributed by atoms with Crippen LogP contribution in [-0.4, -0.2) is 41.3 Å². The predicted molar refractivity (Wildman–Crippen MR) is 45.3 cm³/mol. The second-order valence-electron chi connectivity index (χ2n) is 3.70. The van der Waals surface area contributed by atoms with E-state index < -0.39 is 0 Å². The van der Waals surface area contributed by atoms with Crippen molar-refractivity contribution in [3.63, 3.8) is 0 Å². The topological polar surface area (TPSA) is 49.5 Å². The number of likely N-dealkylation sites (tertiary alicyclic amines) is 1. The highest BCUT2D eigenvalue weighted by Gasteiger charge is 2.24. The summed E-state index contributed by atoms with van der Waals surface area (Å²) in [5.41, 5.74) is 5.75. The van der Waals surface area contributed by atoms with Gasteiger partial charge in [0.05, 0.1) is 6.10 Å². The van der Waals surface area contributed by atoms with Crippen molar-refractivity contribution in [2.45, 2.75) is 38.5 Å². The molecule has 3 N–H and O–H groups in total. The van der Waals surface area contributed by atoms with Crippen molar-refractivity contribution in [1.82, 2.24) is 4.90 Å². The van der Waals surface area contributed by atoms with Crippen molar-refractivity contribution in [1.29, 1.82) is 0 Å². The summed E-state index contributed by atoms with van der Waals surface area (Å²) in [6, 6.07) is 0.650. The second-order valence-corrected chi connectivity index (χ2v) is 3.70. The van der Waals surface area contributed by atoms with E-state index in [1.54, 1.807) is 0 Å². The van der Waals surface area contributed by atoms with E-state index in [0.29, 0.717) is 6.04 Å². The van der Waals surface area contributed by atoms with Crippen LogP contribution >= 0.6 is 0 Å². The molecule has 0 aromatic heterocycles. The zero-order valence-electron chi connectivity index (χ0n) is 7.33. The van der Waals surface area contributed by atoms with E-state index in [1.165, 1.54) is 0 Å². The molecule has 0 radical (unpaired) electrons. The SMILES string of the molecule is CC(C)N1CC(N)CC(O)C1. The first-order chi connectivity index (χ1) is 5.09. The van der Waals surface area contributed by atoms with E-state index in [-0.39, 0.29) is 12.1 Å². The van der Waals surface area contributed by atoms with Gasteiger partial charge < -0.3 is 10.8 Å². The molecule has 1 saturated heterocycles. The second kappa shape index (κ2) is 3.52. The van der Waals surface area contributed by atoms with E-state index in [9.17, 15) is 5.11 Å². The molecule has 1 rings (SSSR count). The van der Waals surface area contributed by atoms with Gasteiger partial charge in [0.25, 0.3) is 0 Å². The number of hydrogen-bond donors (Lipinski definition) is 2. The smallest absolute Gasteiger partial charge is 0.0682 e. The van der Waals surface area contributed by atoms with Crippen LogP contribution in [-0.2, 0) is 0 Å². The highest BCUT2D eigenvalue weighted by atomic mass is 16.3. The minimum absolute atomic E-state index is 0.154. The van der Waals surface area contributed by atoms with Crippen LogP contribution < -0.4 is 5.73 Å². The van der Waals surface area contributed by atoms with Gasteiger partial charge in [0.15, 0.2) is 0 Å². The molecule has 2 unspecified atom stereocenters. The molecule has 0 amide bonds. The van der Waals surface area contributed by atoms with Gasteiger partial charge in [-0.1, -0.05) is 0 Å². The van der Waals surface area contributed by atoms with Crippen LogP contribution in [0.25, 0.3) is 0 Å². The van der Waals surface area contributed by atoms with Gasteiger partial charge in [-0.25, -0.2) is 0 Å².